The van der Waals surface area contributed by atoms with E-state index in [-0.39, 0.29) is 5.82 Å². The zero-order chi connectivity index (χ0) is 14.9. The van der Waals surface area contributed by atoms with E-state index >= 15 is 0 Å². The Morgan fingerprint density at radius 1 is 1.15 bits per heavy atom. The molecule has 0 heterocycles. The highest BCUT2D eigenvalue weighted by atomic mass is 19.1. The Labute approximate surface area is 117 Å². The molecule has 0 spiro atoms. The van der Waals surface area contributed by atoms with Crippen molar-refractivity contribution in [2.24, 2.45) is 0 Å². The van der Waals surface area contributed by atoms with Gasteiger partial charge in [-0.2, -0.15) is 0 Å². The summed E-state index contributed by atoms with van der Waals surface area (Å²) in [7, 11) is 0. The van der Waals surface area contributed by atoms with E-state index < -0.39 is 11.4 Å². The predicted molar refractivity (Wildman–Crippen MR) is 77.2 cm³/mol. The molecule has 2 nitrogen and oxygen atoms in total. The molecule has 2 rings (SSSR count). The summed E-state index contributed by atoms with van der Waals surface area (Å²) in [6.07, 6.45) is 0. The van der Waals surface area contributed by atoms with E-state index in [0.29, 0.717) is 16.7 Å². The van der Waals surface area contributed by atoms with E-state index in [9.17, 15) is 14.3 Å². The third-order valence-corrected chi connectivity index (χ3v) is 3.55. The van der Waals surface area contributed by atoms with Gasteiger partial charge in [-0.1, -0.05) is 30.3 Å². The van der Waals surface area contributed by atoms with Gasteiger partial charge in [0.15, 0.2) is 0 Å². The molecule has 0 bridgehead atoms. The summed E-state index contributed by atoms with van der Waals surface area (Å²) in [5.74, 6) is -1.20. The number of carbonyl (C=O) groups is 1. The Bertz CT molecular complexity index is 660. The Morgan fingerprint density at radius 2 is 1.85 bits per heavy atom. The summed E-state index contributed by atoms with van der Waals surface area (Å²) in [5.41, 5.74) is 1.68. The van der Waals surface area contributed by atoms with Crippen LogP contribution >= 0.6 is 0 Å². The van der Waals surface area contributed by atoms with E-state index in [1.165, 1.54) is 6.07 Å². The second-order valence-electron chi connectivity index (χ2n) is 5.49. The lowest BCUT2D eigenvalue weighted by Crippen LogP contribution is -2.28. The van der Waals surface area contributed by atoms with Crippen molar-refractivity contribution in [1.29, 1.82) is 0 Å². The SMILES string of the molecule is Cc1ccc(-c2cccc(C(C)(C)C(=O)O)c2)c(F)c1. The molecule has 2 aromatic carbocycles. The first-order valence-electron chi connectivity index (χ1n) is 6.43. The Balaban J connectivity index is 2.52. The van der Waals surface area contributed by atoms with Gasteiger partial charge in [0.05, 0.1) is 5.41 Å². The monoisotopic (exact) mass is 272 g/mol. The van der Waals surface area contributed by atoms with Crippen molar-refractivity contribution in [1.82, 2.24) is 0 Å². The Hall–Kier alpha value is -2.16. The first-order valence-corrected chi connectivity index (χ1v) is 6.43. The molecule has 2 aromatic rings. The van der Waals surface area contributed by atoms with E-state index in [2.05, 4.69) is 0 Å². The first kappa shape index (κ1) is 14.3. The zero-order valence-electron chi connectivity index (χ0n) is 11.8. The lowest BCUT2D eigenvalue weighted by atomic mass is 9.83. The van der Waals surface area contributed by atoms with Gasteiger partial charge in [-0.15, -0.1) is 0 Å². The van der Waals surface area contributed by atoms with Gasteiger partial charge in [-0.25, -0.2) is 4.39 Å². The van der Waals surface area contributed by atoms with E-state index in [4.69, 9.17) is 0 Å². The van der Waals surface area contributed by atoms with Crippen LogP contribution in [0.2, 0.25) is 0 Å². The second-order valence-corrected chi connectivity index (χ2v) is 5.49. The maximum Gasteiger partial charge on any atom is 0.313 e. The van der Waals surface area contributed by atoms with Gasteiger partial charge in [-0.05, 0) is 49.6 Å². The molecule has 0 aliphatic carbocycles. The zero-order valence-corrected chi connectivity index (χ0v) is 11.8. The molecular formula is C17H17FO2. The highest BCUT2D eigenvalue weighted by Gasteiger charge is 2.29. The topological polar surface area (TPSA) is 37.3 Å². The third kappa shape index (κ3) is 2.57. The summed E-state index contributed by atoms with van der Waals surface area (Å²) in [6.45, 7) is 5.11. The average Bonchev–Trinajstić information content (AvgIpc) is 2.38. The van der Waals surface area contributed by atoms with E-state index in [1.54, 1.807) is 44.2 Å². The summed E-state index contributed by atoms with van der Waals surface area (Å²) in [4.78, 5) is 11.3. The molecule has 0 radical (unpaired) electrons. The van der Waals surface area contributed by atoms with Crippen molar-refractivity contribution in [2.75, 3.05) is 0 Å². The largest absolute Gasteiger partial charge is 0.481 e. The molecule has 0 fully saturated rings. The number of halogens is 1. The van der Waals surface area contributed by atoms with Crippen LogP contribution in [0.1, 0.15) is 25.0 Å². The van der Waals surface area contributed by atoms with Crippen molar-refractivity contribution in [3.63, 3.8) is 0 Å². The van der Waals surface area contributed by atoms with Crippen LogP contribution in [0.4, 0.5) is 4.39 Å². The number of carboxylic acid groups (broad SMARTS) is 1. The molecule has 0 aliphatic heterocycles. The fraction of sp³-hybridized carbons (Fsp3) is 0.235. The van der Waals surface area contributed by atoms with Crippen LogP contribution in [0.3, 0.4) is 0 Å². The number of aliphatic carboxylic acids is 1. The fourth-order valence-corrected chi connectivity index (χ4v) is 2.05. The highest BCUT2D eigenvalue weighted by molar-refractivity contribution is 5.81. The number of benzene rings is 2. The van der Waals surface area contributed by atoms with Gasteiger partial charge >= 0.3 is 5.97 Å². The molecule has 0 saturated carbocycles. The van der Waals surface area contributed by atoms with Gasteiger partial charge in [0, 0.05) is 5.56 Å². The quantitative estimate of drug-likeness (QED) is 0.910. The van der Waals surface area contributed by atoms with Crippen molar-refractivity contribution in [2.45, 2.75) is 26.2 Å². The molecule has 1 N–H and O–H groups in total. The van der Waals surface area contributed by atoms with Crippen LogP contribution in [0.15, 0.2) is 42.5 Å². The van der Waals surface area contributed by atoms with Crippen molar-refractivity contribution in [3.05, 3.63) is 59.4 Å². The highest BCUT2D eigenvalue weighted by Crippen LogP contribution is 2.29. The van der Waals surface area contributed by atoms with Crippen LogP contribution < -0.4 is 0 Å². The van der Waals surface area contributed by atoms with Crippen LogP contribution in [0.25, 0.3) is 11.1 Å². The Morgan fingerprint density at radius 3 is 2.45 bits per heavy atom. The smallest absolute Gasteiger partial charge is 0.313 e. The summed E-state index contributed by atoms with van der Waals surface area (Å²) < 4.78 is 14.0. The minimum absolute atomic E-state index is 0.296. The molecule has 0 aliphatic rings. The molecule has 104 valence electrons. The molecule has 20 heavy (non-hydrogen) atoms. The Kier molecular flexibility index (Phi) is 3.62. The van der Waals surface area contributed by atoms with Gasteiger partial charge in [0.2, 0.25) is 0 Å². The lowest BCUT2D eigenvalue weighted by Gasteiger charge is -2.20. The molecule has 0 atom stereocenters. The average molecular weight is 272 g/mol. The molecular weight excluding hydrogens is 255 g/mol. The van der Waals surface area contributed by atoms with Crippen molar-refractivity contribution in [3.8, 4) is 11.1 Å². The summed E-state index contributed by atoms with van der Waals surface area (Å²) in [6, 6.07) is 12.1. The molecule has 0 aromatic heterocycles. The standard InChI is InChI=1S/C17H17FO2/c1-11-7-8-14(15(18)9-11)12-5-4-6-13(10-12)17(2,3)16(19)20/h4-10H,1-3H3,(H,19,20). The minimum atomic E-state index is -1.00. The summed E-state index contributed by atoms with van der Waals surface area (Å²) in [5, 5.41) is 9.27. The number of carboxylic acids is 1. The van der Waals surface area contributed by atoms with E-state index in [1.807, 2.05) is 13.0 Å². The lowest BCUT2D eigenvalue weighted by molar-refractivity contribution is -0.142. The fourth-order valence-electron chi connectivity index (χ4n) is 2.05. The van der Waals surface area contributed by atoms with Crippen molar-refractivity contribution < 1.29 is 14.3 Å². The van der Waals surface area contributed by atoms with Gasteiger partial charge in [0.1, 0.15) is 5.82 Å². The molecule has 0 unspecified atom stereocenters. The van der Waals surface area contributed by atoms with Gasteiger partial charge in [0.25, 0.3) is 0 Å². The van der Waals surface area contributed by atoms with E-state index in [0.717, 1.165) is 5.56 Å². The minimum Gasteiger partial charge on any atom is -0.481 e. The van der Waals surface area contributed by atoms with Crippen LogP contribution in [0.5, 0.6) is 0 Å². The predicted octanol–water partition coefficient (Wildman–Crippen LogP) is 4.16. The number of hydrogen-bond donors (Lipinski definition) is 1. The molecule has 3 heteroatoms. The van der Waals surface area contributed by atoms with Gasteiger partial charge in [-0.3, -0.25) is 4.79 Å². The number of aryl methyl sites for hydroxylation is 1. The number of rotatable bonds is 3. The normalized spacial score (nSPS) is 11.4. The molecule has 0 amide bonds. The van der Waals surface area contributed by atoms with Crippen LogP contribution in [-0.2, 0) is 10.2 Å². The maximum absolute atomic E-state index is 14.0. The van der Waals surface area contributed by atoms with Crippen molar-refractivity contribution >= 4 is 5.97 Å². The molecule has 0 saturated heterocycles. The van der Waals surface area contributed by atoms with Crippen LogP contribution in [-0.4, -0.2) is 11.1 Å². The van der Waals surface area contributed by atoms with Crippen LogP contribution in [0, 0.1) is 12.7 Å². The first-order chi connectivity index (χ1) is 9.32. The summed E-state index contributed by atoms with van der Waals surface area (Å²) >= 11 is 0. The number of hydrogen-bond acceptors (Lipinski definition) is 1. The van der Waals surface area contributed by atoms with Gasteiger partial charge < -0.3 is 5.11 Å². The second kappa shape index (κ2) is 5.08. The third-order valence-electron chi connectivity index (χ3n) is 3.55. The maximum atomic E-state index is 14.0.